The van der Waals surface area contributed by atoms with Gasteiger partial charge in [0.05, 0.1) is 10.9 Å². The van der Waals surface area contributed by atoms with Crippen molar-refractivity contribution in [1.29, 1.82) is 0 Å². The summed E-state index contributed by atoms with van der Waals surface area (Å²) in [5.74, 6) is -0.268. The summed E-state index contributed by atoms with van der Waals surface area (Å²) in [6.07, 6.45) is 3.25. The standard InChI is InChI=1S/C13H10N4O2/c18-13(19)8-1-3-9(4-2-8)17-12-10-5-6-14-11(10)15-7-16-12/h1-7H,(H,18,19)(H2,14,15,16,17). The molecule has 0 bridgehead atoms. The Morgan fingerprint density at radius 2 is 1.95 bits per heavy atom. The summed E-state index contributed by atoms with van der Waals surface area (Å²) in [6, 6.07) is 8.36. The summed E-state index contributed by atoms with van der Waals surface area (Å²) >= 11 is 0. The van der Waals surface area contributed by atoms with Gasteiger partial charge in [0, 0.05) is 11.9 Å². The van der Waals surface area contributed by atoms with Crippen molar-refractivity contribution in [2.24, 2.45) is 0 Å². The maximum Gasteiger partial charge on any atom is 0.335 e. The van der Waals surface area contributed by atoms with Crippen LogP contribution in [0.25, 0.3) is 11.0 Å². The SMILES string of the molecule is O=C(O)c1ccc(Nc2ncnc3[nH]ccc23)cc1. The number of hydrogen-bond acceptors (Lipinski definition) is 4. The number of anilines is 2. The van der Waals surface area contributed by atoms with Crippen molar-refractivity contribution in [3.8, 4) is 0 Å². The van der Waals surface area contributed by atoms with E-state index >= 15 is 0 Å². The summed E-state index contributed by atoms with van der Waals surface area (Å²) in [4.78, 5) is 22.0. The van der Waals surface area contributed by atoms with Crippen LogP contribution >= 0.6 is 0 Å². The van der Waals surface area contributed by atoms with Gasteiger partial charge >= 0.3 is 5.97 Å². The molecule has 94 valence electrons. The molecule has 3 N–H and O–H groups in total. The molecule has 0 aliphatic carbocycles. The highest BCUT2D eigenvalue weighted by molar-refractivity contribution is 5.90. The van der Waals surface area contributed by atoms with Crippen LogP contribution in [-0.4, -0.2) is 26.0 Å². The number of carbonyl (C=O) groups is 1. The van der Waals surface area contributed by atoms with Crippen LogP contribution in [0.1, 0.15) is 10.4 Å². The molecule has 0 saturated carbocycles. The van der Waals surface area contributed by atoms with Gasteiger partial charge in [-0.3, -0.25) is 0 Å². The number of aromatic amines is 1. The third kappa shape index (κ3) is 2.11. The number of carboxylic acids is 1. The third-order valence-electron chi connectivity index (χ3n) is 2.75. The minimum atomic E-state index is -0.943. The summed E-state index contributed by atoms with van der Waals surface area (Å²) < 4.78 is 0. The first-order chi connectivity index (χ1) is 9.24. The molecule has 3 aromatic rings. The Bertz CT molecular complexity index is 734. The van der Waals surface area contributed by atoms with Crippen LogP contribution in [-0.2, 0) is 0 Å². The average Bonchev–Trinajstić information content (AvgIpc) is 2.89. The van der Waals surface area contributed by atoms with Crippen LogP contribution in [0.2, 0.25) is 0 Å². The third-order valence-corrected chi connectivity index (χ3v) is 2.75. The zero-order valence-corrected chi connectivity index (χ0v) is 9.79. The first kappa shape index (κ1) is 11.2. The van der Waals surface area contributed by atoms with E-state index in [9.17, 15) is 4.79 Å². The number of aromatic carboxylic acids is 1. The number of nitrogens with one attached hydrogen (secondary N) is 2. The second-order valence-corrected chi connectivity index (χ2v) is 3.97. The maximum atomic E-state index is 10.8. The number of carboxylic acid groups (broad SMARTS) is 1. The Morgan fingerprint density at radius 3 is 2.68 bits per heavy atom. The van der Waals surface area contributed by atoms with Crippen LogP contribution in [0.4, 0.5) is 11.5 Å². The van der Waals surface area contributed by atoms with E-state index in [1.165, 1.54) is 6.33 Å². The quantitative estimate of drug-likeness (QED) is 0.667. The van der Waals surface area contributed by atoms with Crippen LogP contribution in [0.3, 0.4) is 0 Å². The highest BCUT2D eigenvalue weighted by atomic mass is 16.4. The van der Waals surface area contributed by atoms with Crippen LogP contribution in [0, 0.1) is 0 Å². The van der Waals surface area contributed by atoms with Gasteiger partial charge in [-0.15, -0.1) is 0 Å². The largest absolute Gasteiger partial charge is 0.478 e. The van der Waals surface area contributed by atoms with E-state index in [0.29, 0.717) is 5.82 Å². The molecule has 0 aliphatic rings. The molecule has 2 aromatic heterocycles. The molecule has 2 heterocycles. The lowest BCUT2D eigenvalue weighted by Crippen LogP contribution is -1.98. The molecule has 3 rings (SSSR count). The Morgan fingerprint density at radius 1 is 1.16 bits per heavy atom. The number of nitrogens with zero attached hydrogens (tertiary/aromatic N) is 2. The van der Waals surface area contributed by atoms with E-state index < -0.39 is 5.97 Å². The van der Waals surface area contributed by atoms with Gasteiger partial charge in [0.25, 0.3) is 0 Å². The first-order valence-electron chi connectivity index (χ1n) is 5.62. The predicted molar refractivity (Wildman–Crippen MR) is 70.6 cm³/mol. The van der Waals surface area contributed by atoms with Gasteiger partial charge < -0.3 is 15.4 Å². The maximum absolute atomic E-state index is 10.8. The van der Waals surface area contributed by atoms with E-state index in [2.05, 4.69) is 20.3 Å². The fourth-order valence-corrected chi connectivity index (χ4v) is 1.80. The number of rotatable bonds is 3. The molecule has 0 radical (unpaired) electrons. The molecule has 0 amide bonds. The predicted octanol–water partition coefficient (Wildman–Crippen LogP) is 2.40. The second kappa shape index (κ2) is 4.41. The van der Waals surface area contributed by atoms with Crippen molar-refractivity contribution in [2.45, 2.75) is 0 Å². The van der Waals surface area contributed by atoms with Gasteiger partial charge in [0.1, 0.15) is 17.8 Å². The first-order valence-corrected chi connectivity index (χ1v) is 5.62. The lowest BCUT2D eigenvalue weighted by atomic mass is 10.2. The van der Waals surface area contributed by atoms with E-state index in [-0.39, 0.29) is 5.56 Å². The topological polar surface area (TPSA) is 90.9 Å². The second-order valence-electron chi connectivity index (χ2n) is 3.97. The van der Waals surface area contributed by atoms with Crippen molar-refractivity contribution in [3.05, 3.63) is 48.4 Å². The van der Waals surface area contributed by atoms with Crippen LogP contribution in [0.5, 0.6) is 0 Å². The number of benzene rings is 1. The number of fused-ring (bicyclic) bond motifs is 1. The molecule has 0 aliphatic heterocycles. The highest BCUT2D eigenvalue weighted by Gasteiger charge is 2.05. The molecule has 1 aromatic carbocycles. The fourth-order valence-electron chi connectivity index (χ4n) is 1.80. The number of aromatic nitrogens is 3. The van der Waals surface area contributed by atoms with E-state index in [0.717, 1.165) is 16.7 Å². The minimum Gasteiger partial charge on any atom is -0.478 e. The fraction of sp³-hybridized carbons (Fsp3) is 0. The van der Waals surface area contributed by atoms with Crippen LogP contribution < -0.4 is 5.32 Å². The van der Waals surface area contributed by atoms with Gasteiger partial charge in [-0.2, -0.15) is 0 Å². The molecular formula is C13H10N4O2. The van der Waals surface area contributed by atoms with Crippen molar-refractivity contribution in [3.63, 3.8) is 0 Å². The van der Waals surface area contributed by atoms with Crippen molar-refractivity contribution < 1.29 is 9.90 Å². The lowest BCUT2D eigenvalue weighted by molar-refractivity contribution is 0.0697. The van der Waals surface area contributed by atoms with Gasteiger partial charge in [0.2, 0.25) is 0 Å². The Balaban J connectivity index is 1.92. The molecule has 0 spiro atoms. The van der Waals surface area contributed by atoms with Gasteiger partial charge in [-0.1, -0.05) is 0 Å². The van der Waals surface area contributed by atoms with Crippen molar-refractivity contribution in [2.75, 3.05) is 5.32 Å². The average molecular weight is 254 g/mol. The lowest BCUT2D eigenvalue weighted by Gasteiger charge is -2.06. The Hall–Kier alpha value is -2.89. The summed E-state index contributed by atoms with van der Waals surface area (Å²) in [5, 5.41) is 12.8. The van der Waals surface area contributed by atoms with E-state index in [4.69, 9.17) is 5.11 Å². The van der Waals surface area contributed by atoms with Gasteiger partial charge in [0.15, 0.2) is 0 Å². The molecule has 0 atom stereocenters. The van der Waals surface area contributed by atoms with Gasteiger partial charge in [-0.25, -0.2) is 14.8 Å². The monoisotopic (exact) mass is 254 g/mol. The molecule has 0 fully saturated rings. The molecular weight excluding hydrogens is 244 g/mol. The zero-order chi connectivity index (χ0) is 13.2. The Labute approximate surface area is 108 Å². The molecule has 6 heteroatoms. The molecule has 6 nitrogen and oxygen atoms in total. The van der Waals surface area contributed by atoms with E-state index in [1.54, 1.807) is 30.5 Å². The summed E-state index contributed by atoms with van der Waals surface area (Å²) in [6.45, 7) is 0. The van der Waals surface area contributed by atoms with E-state index in [1.807, 2.05) is 6.07 Å². The summed E-state index contributed by atoms with van der Waals surface area (Å²) in [7, 11) is 0. The molecule has 19 heavy (non-hydrogen) atoms. The summed E-state index contributed by atoms with van der Waals surface area (Å²) in [5.41, 5.74) is 1.77. The molecule has 0 unspecified atom stereocenters. The smallest absolute Gasteiger partial charge is 0.335 e. The normalized spacial score (nSPS) is 10.5. The molecule has 0 saturated heterocycles. The van der Waals surface area contributed by atoms with Gasteiger partial charge in [-0.05, 0) is 30.3 Å². The minimum absolute atomic E-state index is 0.250. The zero-order valence-electron chi connectivity index (χ0n) is 9.79. The van der Waals surface area contributed by atoms with Crippen molar-refractivity contribution >= 4 is 28.5 Å². The Kier molecular flexibility index (Phi) is 2.60. The van der Waals surface area contributed by atoms with Crippen LogP contribution in [0.15, 0.2) is 42.9 Å². The number of hydrogen-bond donors (Lipinski definition) is 3. The highest BCUT2D eigenvalue weighted by Crippen LogP contribution is 2.22. The number of H-pyrrole nitrogens is 1. The van der Waals surface area contributed by atoms with Crippen molar-refractivity contribution in [1.82, 2.24) is 15.0 Å².